The number of thiophene rings is 1. The molecule has 1 unspecified atom stereocenters. The van der Waals surface area contributed by atoms with Gasteiger partial charge in [-0.05, 0) is 18.4 Å². The highest BCUT2D eigenvalue weighted by Crippen LogP contribution is 2.06. The van der Waals surface area contributed by atoms with Gasteiger partial charge in [-0.15, -0.1) is 11.3 Å². The minimum Gasteiger partial charge on any atom is -0.383 e. The van der Waals surface area contributed by atoms with Crippen LogP contribution >= 0.6 is 11.3 Å². The van der Waals surface area contributed by atoms with Gasteiger partial charge in [-0.25, -0.2) is 4.79 Å². The Bertz CT molecular complexity index is 288. The molecule has 0 aliphatic carbocycles. The van der Waals surface area contributed by atoms with E-state index in [9.17, 15) is 4.79 Å². The summed E-state index contributed by atoms with van der Waals surface area (Å²) >= 11 is 1.63. The highest BCUT2D eigenvalue weighted by molar-refractivity contribution is 7.09. The third-order valence-electron chi connectivity index (χ3n) is 1.80. The van der Waals surface area contributed by atoms with E-state index < -0.39 is 0 Å². The molecule has 0 saturated heterocycles. The summed E-state index contributed by atoms with van der Waals surface area (Å²) < 4.78 is 4.91. The zero-order valence-corrected chi connectivity index (χ0v) is 9.76. The number of carbonyl (C=O) groups excluding carboxylic acids is 1. The maximum absolute atomic E-state index is 11.4. The van der Waals surface area contributed by atoms with Crippen LogP contribution < -0.4 is 10.6 Å². The van der Waals surface area contributed by atoms with Crippen molar-refractivity contribution in [1.29, 1.82) is 0 Å². The van der Waals surface area contributed by atoms with Crippen molar-refractivity contribution in [1.82, 2.24) is 10.6 Å². The number of amides is 2. The topological polar surface area (TPSA) is 50.4 Å². The van der Waals surface area contributed by atoms with Gasteiger partial charge in [0.25, 0.3) is 0 Å². The molecule has 2 N–H and O–H groups in total. The molecule has 0 spiro atoms. The summed E-state index contributed by atoms with van der Waals surface area (Å²) in [5, 5.41) is 7.54. The first-order valence-electron chi connectivity index (χ1n) is 4.78. The molecule has 2 amide bonds. The Balaban J connectivity index is 2.19. The zero-order chi connectivity index (χ0) is 11.1. The highest BCUT2D eigenvalue weighted by atomic mass is 32.1. The van der Waals surface area contributed by atoms with E-state index >= 15 is 0 Å². The van der Waals surface area contributed by atoms with Crippen molar-refractivity contribution in [3.8, 4) is 0 Å². The van der Waals surface area contributed by atoms with Gasteiger partial charge in [-0.3, -0.25) is 0 Å². The van der Waals surface area contributed by atoms with Crippen LogP contribution in [0.3, 0.4) is 0 Å². The summed E-state index contributed by atoms with van der Waals surface area (Å²) in [6, 6.07) is 3.82. The van der Waals surface area contributed by atoms with Crippen LogP contribution in [0.25, 0.3) is 0 Å². The monoisotopic (exact) mass is 228 g/mol. The summed E-state index contributed by atoms with van der Waals surface area (Å²) in [6.07, 6.45) is 0. The van der Waals surface area contributed by atoms with Crippen LogP contribution in [0.5, 0.6) is 0 Å². The van der Waals surface area contributed by atoms with Gasteiger partial charge in [-0.1, -0.05) is 6.07 Å². The number of hydrogen-bond acceptors (Lipinski definition) is 3. The fourth-order valence-corrected chi connectivity index (χ4v) is 1.79. The molecule has 1 rings (SSSR count). The standard InChI is InChI=1S/C10H16N2O2S/c1-8(7-14-2)12-10(13)11-6-9-4-3-5-15-9/h3-5,8H,6-7H2,1-2H3,(H2,11,12,13). The molecule has 0 radical (unpaired) electrons. The second-order valence-corrected chi connectivity index (χ2v) is 4.30. The quantitative estimate of drug-likeness (QED) is 0.804. The number of rotatable bonds is 5. The molecule has 4 nitrogen and oxygen atoms in total. The Kier molecular flexibility index (Phi) is 5.14. The molecule has 0 aliphatic rings. The molecule has 1 heterocycles. The number of methoxy groups -OCH3 is 1. The van der Waals surface area contributed by atoms with Crippen LogP contribution in [0.1, 0.15) is 11.8 Å². The Hall–Kier alpha value is -1.07. The molecule has 1 atom stereocenters. The van der Waals surface area contributed by atoms with Gasteiger partial charge >= 0.3 is 6.03 Å². The number of hydrogen-bond donors (Lipinski definition) is 2. The summed E-state index contributed by atoms with van der Waals surface area (Å²) in [6.45, 7) is 2.99. The van der Waals surface area contributed by atoms with Gasteiger partial charge in [0.05, 0.1) is 19.2 Å². The maximum Gasteiger partial charge on any atom is 0.315 e. The van der Waals surface area contributed by atoms with E-state index in [1.165, 1.54) is 0 Å². The predicted octanol–water partition coefficient (Wildman–Crippen LogP) is 1.58. The van der Waals surface area contributed by atoms with E-state index in [0.717, 1.165) is 4.88 Å². The van der Waals surface area contributed by atoms with Gasteiger partial charge < -0.3 is 15.4 Å². The molecule has 0 fully saturated rings. The summed E-state index contributed by atoms with van der Waals surface area (Å²) in [7, 11) is 1.61. The van der Waals surface area contributed by atoms with Crippen molar-refractivity contribution < 1.29 is 9.53 Å². The molecule has 1 aromatic heterocycles. The van der Waals surface area contributed by atoms with Crippen LogP contribution in [0.4, 0.5) is 4.79 Å². The smallest absolute Gasteiger partial charge is 0.315 e. The lowest BCUT2D eigenvalue weighted by Gasteiger charge is -2.13. The highest BCUT2D eigenvalue weighted by Gasteiger charge is 2.05. The largest absolute Gasteiger partial charge is 0.383 e. The normalized spacial score (nSPS) is 12.1. The van der Waals surface area contributed by atoms with Crippen LogP contribution in [-0.2, 0) is 11.3 Å². The lowest BCUT2D eigenvalue weighted by molar-refractivity contribution is 0.171. The predicted molar refractivity (Wildman–Crippen MR) is 61.0 cm³/mol. The van der Waals surface area contributed by atoms with Crippen molar-refractivity contribution in [2.75, 3.05) is 13.7 Å². The van der Waals surface area contributed by atoms with E-state index in [-0.39, 0.29) is 12.1 Å². The van der Waals surface area contributed by atoms with Gasteiger partial charge in [0.2, 0.25) is 0 Å². The Morgan fingerprint density at radius 2 is 2.47 bits per heavy atom. The first-order valence-corrected chi connectivity index (χ1v) is 5.66. The molecule has 0 aliphatic heterocycles. The SMILES string of the molecule is COCC(C)NC(=O)NCc1cccs1. The third-order valence-corrected chi connectivity index (χ3v) is 2.67. The summed E-state index contributed by atoms with van der Waals surface area (Å²) in [5.74, 6) is 0. The molecule has 84 valence electrons. The van der Waals surface area contributed by atoms with E-state index in [1.807, 2.05) is 24.4 Å². The Morgan fingerprint density at radius 3 is 3.07 bits per heavy atom. The van der Waals surface area contributed by atoms with Crippen LogP contribution in [0.15, 0.2) is 17.5 Å². The average Bonchev–Trinajstić information content (AvgIpc) is 2.67. The fourth-order valence-electron chi connectivity index (χ4n) is 1.15. The van der Waals surface area contributed by atoms with Crippen LogP contribution in [-0.4, -0.2) is 25.8 Å². The van der Waals surface area contributed by atoms with Crippen molar-refractivity contribution >= 4 is 17.4 Å². The number of carbonyl (C=O) groups is 1. The van der Waals surface area contributed by atoms with Gasteiger partial charge in [0, 0.05) is 12.0 Å². The molecule has 0 saturated carbocycles. The summed E-state index contributed by atoms with van der Waals surface area (Å²) in [5.41, 5.74) is 0. The van der Waals surface area contributed by atoms with E-state index in [4.69, 9.17) is 4.74 Å². The van der Waals surface area contributed by atoms with Gasteiger partial charge in [-0.2, -0.15) is 0 Å². The number of ether oxygens (including phenoxy) is 1. The van der Waals surface area contributed by atoms with Crippen molar-refractivity contribution in [2.24, 2.45) is 0 Å². The van der Waals surface area contributed by atoms with Crippen LogP contribution in [0.2, 0.25) is 0 Å². The second-order valence-electron chi connectivity index (χ2n) is 3.26. The molecule has 0 bridgehead atoms. The maximum atomic E-state index is 11.4. The molecule has 5 heteroatoms. The van der Waals surface area contributed by atoms with Crippen LogP contribution in [0, 0.1) is 0 Å². The lowest BCUT2D eigenvalue weighted by atomic mass is 10.4. The third kappa shape index (κ3) is 4.80. The number of nitrogens with one attached hydrogen (secondary N) is 2. The van der Waals surface area contributed by atoms with Crippen molar-refractivity contribution in [2.45, 2.75) is 19.5 Å². The van der Waals surface area contributed by atoms with Crippen molar-refractivity contribution in [3.05, 3.63) is 22.4 Å². The molecule has 15 heavy (non-hydrogen) atoms. The van der Waals surface area contributed by atoms with Gasteiger partial charge in [0.15, 0.2) is 0 Å². The fraction of sp³-hybridized carbons (Fsp3) is 0.500. The minimum atomic E-state index is -0.159. The molecule has 0 aromatic carbocycles. The number of urea groups is 1. The molecule has 1 aromatic rings. The first kappa shape index (κ1) is 12.0. The van der Waals surface area contributed by atoms with Crippen molar-refractivity contribution in [3.63, 3.8) is 0 Å². The van der Waals surface area contributed by atoms with E-state index in [0.29, 0.717) is 13.2 Å². The van der Waals surface area contributed by atoms with E-state index in [1.54, 1.807) is 18.4 Å². The Morgan fingerprint density at radius 1 is 1.67 bits per heavy atom. The minimum absolute atomic E-state index is 0.0262. The van der Waals surface area contributed by atoms with Gasteiger partial charge in [0.1, 0.15) is 0 Å². The molecular formula is C10H16N2O2S. The first-order chi connectivity index (χ1) is 7.22. The summed E-state index contributed by atoms with van der Waals surface area (Å²) in [4.78, 5) is 12.5. The lowest BCUT2D eigenvalue weighted by Crippen LogP contribution is -2.42. The average molecular weight is 228 g/mol. The Labute approximate surface area is 93.6 Å². The zero-order valence-electron chi connectivity index (χ0n) is 8.95. The molecular weight excluding hydrogens is 212 g/mol. The van der Waals surface area contributed by atoms with E-state index in [2.05, 4.69) is 10.6 Å². The second kappa shape index (κ2) is 6.42.